The van der Waals surface area contributed by atoms with Crippen molar-refractivity contribution >= 4 is 5.91 Å². The van der Waals surface area contributed by atoms with Crippen LogP contribution in [0.5, 0.6) is 0 Å². The number of nitrogens with zero attached hydrogens (tertiary/aromatic N) is 4. The fraction of sp³-hybridized carbons (Fsp3) is 0.179. The number of carbonyl (C=O) groups excluding carboxylic acids is 1. The molecule has 1 amide bonds. The van der Waals surface area contributed by atoms with E-state index in [1.165, 1.54) is 29.2 Å². The molecule has 1 N–H and O–H groups in total. The van der Waals surface area contributed by atoms with Gasteiger partial charge in [0.15, 0.2) is 0 Å². The van der Waals surface area contributed by atoms with Gasteiger partial charge in [-0.15, -0.1) is 0 Å². The van der Waals surface area contributed by atoms with Crippen molar-refractivity contribution in [3.05, 3.63) is 113 Å². The summed E-state index contributed by atoms with van der Waals surface area (Å²) >= 11 is 0. The molecule has 1 aliphatic rings. The van der Waals surface area contributed by atoms with Crippen LogP contribution in [0.1, 0.15) is 45.2 Å². The predicted octanol–water partition coefficient (Wildman–Crippen LogP) is 4.63. The molecular weight excluding hydrogens is 462 g/mol. The molecular formula is C28H22F2N4O2. The van der Waals surface area contributed by atoms with Gasteiger partial charge in [-0.3, -0.25) is 4.79 Å². The van der Waals surface area contributed by atoms with E-state index in [0.29, 0.717) is 27.9 Å². The van der Waals surface area contributed by atoms with E-state index in [2.05, 4.69) is 4.98 Å². The average molecular weight is 485 g/mol. The number of hydrogen-bond acceptors (Lipinski definition) is 4. The number of hydrogen-bond donors (Lipinski definition) is 1. The van der Waals surface area contributed by atoms with E-state index in [1.54, 1.807) is 67.6 Å². The number of imidazole rings is 1. The molecule has 6 nitrogen and oxygen atoms in total. The van der Waals surface area contributed by atoms with Crippen LogP contribution in [0.2, 0.25) is 0 Å². The molecule has 2 atom stereocenters. The number of carbonyl (C=O) groups is 1. The first kappa shape index (κ1) is 23.4. The lowest BCUT2D eigenvalue weighted by molar-refractivity contribution is 0.0792. The Morgan fingerprint density at radius 2 is 1.86 bits per heavy atom. The molecule has 5 rings (SSSR count). The molecule has 0 unspecified atom stereocenters. The maximum atomic E-state index is 14.8. The number of benzene rings is 3. The van der Waals surface area contributed by atoms with Crippen LogP contribution in [0.15, 0.2) is 73.2 Å². The van der Waals surface area contributed by atoms with E-state index in [-0.39, 0.29) is 23.5 Å². The van der Waals surface area contributed by atoms with Gasteiger partial charge in [0.1, 0.15) is 17.2 Å². The zero-order valence-electron chi connectivity index (χ0n) is 19.6. The largest absolute Gasteiger partial charge is 0.379 e. The Morgan fingerprint density at radius 1 is 1.11 bits per heavy atom. The van der Waals surface area contributed by atoms with Gasteiger partial charge in [-0.05, 0) is 41.5 Å². The van der Waals surface area contributed by atoms with E-state index in [0.717, 1.165) is 0 Å². The second-order valence-electron chi connectivity index (χ2n) is 9.09. The van der Waals surface area contributed by atoms with E-state index < -0.39 is 23.3 Å². The number of aromatic nitrogens is 2. The van der Waals surface area contributed by atoms with Crippen molar-refractivity contribution in [2.45, 2.75) is 18.1 Å². The van der Waals surface area contributed by atoms with Crippen LogP contribution in [0.25, 0.3) is 11.1 Å². The van der Waals surface area contributed by atoms with Crippen LogP contribution < -0.4 is 0 Å². The first-order valence-corrected chi connectivity index (χ1v) is 11.3. The summed E-state index contributed by atoms with van der Waals surface area (Å²) in [5.41, 5.74) is 1.36. The van der Waals surface area contributed by atoms with Crippen LogP contribution in [0, 0.1) is 23.0 Å². The standard InChI is InChI=1S/C28H22F2N4O2/c1-33(2)27(35)19-6-10-23(29)22(12-19)18-4-7-20(8-5-18)28(36)13-25(34-16-32-15-26(28)34)21-9-3-17(14-31)11-24(21)30/h3-12,15-16,25,36H,13H2,1-2H3/t25-,28+/m1/s1. The van der Waals surface area contributed by atoms with Gasteiger partial charge in [0.25, 0.3) is 5.91 Å². The summed E-state index contributed by atoms with van der Waals surface area (Å²) < 4.78 is 31.2. The summed E-state index contributed by atoms with van der Waals surface area (Å²) in [6.45, 7) is 0. The molecule has 1 aliphatic heterocycles. The van der Waals surface area contributed by atoms with Crippen molar-refractivity contribution < 1.29 is 18.7 Å². The quantitative estimate of drug-likeness (QED) is 0.458. The molecule has 0 spiro atoms. The van der Waals surface area contributed by atoms with E-state index >= 15 is 0 Å². The van der Waals surface area contributed by atoms with Gasteiger partial charge >= 0.3 is 0 Å². The molecule has 3 aromatic carbocycles. The molecule has 0 bridgehead atoms. The van der Waals surface area contributed by atoms with Crippen LogP contribution >= 0.6 is 0 Å². The van der Waals surface area contributed by atoms with E-state index in [4.69, 9.17) is 5.26 Å². The van der Waals surface area contributed by atoms with Gasteiger partial charge in [0.05, 0.1) is 35.9 Å². The van der Waals surface area contributed by atoms with Gasteiger partial charge < -0.3 is 14.6 Å². The van der Waals surface area contributed by atoms with Gasteiger partial charge in [0.2, 0.25) is 0 Å². The fourth-order valence-corrected chi connectivity index (χ4v) is 4.81. The maximum absolute atomic E-state index is 14.8. The fourth-order valence-electron chi connectivity index (χ4n) is 4.81. The summed E-state index contributed by atoms with van der Waals surface area (Å²) in [6.07, 6.45) is 3.26. The number of halogens is 2. The zero-order chi connectivity index (χ0) is 25.6. The number of amides is 1. The minimum atomic E-state index is -1.46. The summed E-state index contributed by atoms with van der Waals surface area (Å²) in [4.78, 5) is 17.9. The van der Waals surface area contributed by atoms with Crippen molar-refractivity contribution in [2.24, 2.45) is 0 Å². The molecule has 1 aromatic heterocycles. The van der Waals surface area contributed by atoms with Gasteiger partial charge in [-0.2, -0.15) is 5.26 Å². The van der Waals surface area contributed by atoms with Crippen molar-refractivity contribution in [1.29, 1.82) is 5.26 Å². The number of aliphatic hydroxyl groups is 1. The molecule has 0 fully saturated rings. The highest BCUT2D eigenvalue weighted by molar-refractivity contribution is 5.95. The van der Waals surface area contributed by atoms with Crippen LogP contribution in [-0.2, 0) is 5.60 Å². The molecule has 36 heavy (non-hydrogen) atoms. The number of rotatable bonds is 4. The van der Waals surface area contributed by atoms with Gasteiger partial charge in [0, 0.05) is 37.2 Å². The van der Waals surface area contributed by atoms with Crippen molar-refractivity contribution in [1.82, 2.24) is 14.5 Å². The minimum absolute atomic E-state index is 0.161. The molecule has 0 saturated heterocycles. The van der Waals surface area contributed by atoms with Crippen molar-refractivity contribution in [3.8, 4) is 17.2 Å². The summed E-state index contributed by atoms with van der Waals surface area (Å²) in [7, 11) is 3.26. The summed E-state index contributed by atoms with van der Waals surface area (Å²) in [5.74, 6) is -1.23. The Bertz CT molecular complexity index is 1520. The minimum Gasteiger partial charge on any atom is -0.379 e. The third-order valence-electron chi connectivity index (χ3n) is 6.70. The highest BCUT2D eigenvalue weighted by Gasteiger charge is 2.45. The van der Waals surface area contributed by atoms with Gasteiger partial charge in [-0.1, -0.05) is 30.3 Å². The van der Waals surface area contributed by atoms with Crippen LogP contribution in [0.3, 0.4) is 0 Å². The molecule has 8 heteroatoms. The molecule has 180 valence electrons. The van der Waals surface area contributed by atoms with E-state index in [9.17, 15) is 18.7 Å². The summed E-state index contributed by atoms with van der Waals surface area (Å²) in [6, 6.07) is 16.7. The number of nitriles is 1. The molecule has 2 heterocycles. The Labute approximate surface area is 206 Å². The summed E-state index contributed by atoms with van der Waals surface area (Å²) in [5, 5.41) is 20.8. The Kier molecular flexibility index (Phi) is 5.65. The average Bonchev–Trinajstić information content (AvgIpc) is 3.47. The van der Waals surface area contributed by atoms with Crippen molar-refractivity contribution in [3.63, 3.8) is 0 Å². The van der Waals surface area contributed by atoms with E-state index in [1.807, 2.05) is 6.07 Å². The second kappa shape index (κ2) is 8.70. The van der Waals surface area contributed by atoms with Crippen LogP contribution in [0.4, 0.5) is 8.78 Å². The topological polar surface area (TPSA) is 82.2 Å². The molecule has 0 radical (unpaired) electrons. The zero-order valence-corrected chi connectivity index (χ0v) is 19.6. The number of fused-ring (bicyclic) bond motifs is 1. The molecule has 4 aromatic rings. The lowest BCUT2D eigenvalue weighted by Gasteiger charge is -2.23. The predicted molar refractivity (Wildman–Crippen MR) is 129 cm³/mol. The lowest BCUT2D eigenvalue weighted by atomic mass is 9.85. The first-order valence-electron chi connectivity index (χ1n) is 11.3. The highest BCUT2D eigenvalue weighted by atomic mass is 19.1. The monoisotopic (exact) mass is 484 g/mol. The molecule has 0 saturated carbocycles. The Hall–Kier alpha value is -4.35. The van der Waals surface area contributed by atoms with Gasteiger partial charge in [-0.25, -0.2) is 13.8 Å². The lowest BCUT2D eigenvalue weighted by Crippen LogP contribution is -2.24. The first-order chi connectivity index (χ1) is 17.2. The highest BCUT2D eigenvalue weighted by Crippen LogP contribution is 2.47. The van der Waals surface area contributed by atoms with Crippen LogP contribution in [-0.4, -0.2) is 39.6 Å². The third-order valence-corrected chi connectivity index (χ3v) is 6.70. The Balaban J connectivity index is 1.50. The Morgan fingerprint density at radius 3 is 2.53 bits per heavy atom. The van der Waals surface area contributed by atoms with Crippen molar-refractivity contribution in [2.75, 3.05) is 14.1 Å². The SMILES string of the molecule is CN(C)C(=O)c1ccc(F)c(-c2ccc([C@@]3(O)C[C@H](c4ccc(C#N)cc4F)n4cncc43)cc2)c1. The maximum Gasteiger partial charge on any atom is 0.253 e. The third kappa shape index (κ3) is 3.74. The normalized spacial score (nSPS) is 18.5. The molecule has 0 aliphatic carbocycles. The smallest absolute Gasteiger partial charge is 0.253 e. The second-order valence-corrected chi connectivity index (χ2v) is 9.09.